The predicted molar refractivity (Wildman–Crippen MR) is 83.0 cm³/mol. The summed E-state index contributed by atoms with van der Waals surface area (Å²) in [6.07, 6.45) is 0. The lowest BCUT2D eigenvalue weighted by atomic mass is 10.2. The number of carbonyl (C=O) groups is 1. The second-order valence-corrected chi connectivity index (χ2v) is 4.78. The van der Waals surface area contributed by atoms with Gasteiger partial charge in [0.1, 0.15) is 6.54 Å². The van der Waals surface area contributed by atoms with E-state index in [4.69, 9.17) is 4.74 Å². The highest BCUT2D eigenvalue weighted by Crippen LogP contribution is 2.07. The normalized spacial score (nSPS) is 10.8. The van der Waals surface area contributed by atoms with Crippen LogP contribution in [0.1, 0.15) is 6.92 Å². The molecule has 0 unspecified atom stereocenters. The maximum Gasteiger partial charge on any atom is 0.331 e. The van der Waals surface area contributed by atoms with Gasteiger partial charge in [-0.25, -0.2) is 4.79 Å². The Hall–Kier alpha value is -2.41. The molecule has 0 spiro atoms. The van der Waals surface area contributed by atoms with Crippen molar-refractivity contribution in [3.63, 3.8) is 0 Å². The summed E-state index contributed by atoms with van der Waals surface area (Å²) in [5, 5.41) is 3.09. The van der Waals surface area contributed by atoms with Gasteiger partial charge in [0.2, 0.25) is 5.91 Å². The molecule has 0 bridgehead atoms. The fourth-order valence-electron chi connectivity index (χ4n) is 2.29. The van der Waals surface area contributed by atoms with Crippen molar-refractivity contribution in [1.29, 1.82) is 0 Å². The molecule has 1 amide bonds. The van der Waals surface area contributed by atoms with Crippen molar-refractivity contribution in [2.75, 3.05) is 20.3 Å². The highest BCUT2D eigenvalue weighted by Gasteiger charge is 2.13. The van der Waals surface area contributed by atoms with Gasteiger partial charge in [0.15, 0.2) is 0 Å². The zero-order valence-corrected chi connectivity index (χ0v) is 12.7. The number of ether oxygens (including phenoxy) is 1. The Kier molecular flexibility index (Phi) is 5.11. The van der Waals surface area contributed by atoms with E-state index in [2.05, 4.69) is 5.32 Å². The second kappa shape index (κ2) is 7.04. The quantitative estimate of drug-likeness (QED) is 0.758. The van der Waals surface area contributed by atoms with Gasteiger partial charge in [-0.1, -0.05) is 12.1 Å². The van der Waals surface area contributed by atoms with Crippen molar-refractivity contribution in [2.24, 2.45) is 0 Å². The molecule has 0 aliphatic carbocycles. The van der Waals surface area contributed by atoms with E-state index in [-0.39, 0.29) is 24.6 Å². The summed E-state index contributed by atoms with van der Waals surface area (Å²) in [6.45, 7) is 2.61. The average Bonchev–Trinajstić information content (AvgIpc) is 2.52. The van der Waals surface area contributed by atoms with Gasteiger partial charge >= 0.3 is 5.69 Å². The van der Waals surface area contributed by atoms with Crippen molar-refractivity contribution < 1.29 is 9.53 Å². The van der Waals surface area contributed by atoms with Gasteiger partial charge in [0, 0.05) is 20.2 Å². The standard InChI is InChI=1S/C15H19N3O4/c1-3-17-14(20)11-6-4-5-7-12(11)18(15(17)21)10-13(19)16-8-9-22-2/h4-7H,3,8-10H2,1-2H3,(H,16,19). The van der Waals surface area contributed by atoms with Crippen molar-refractivity contribution in [3.8, 4) is 0 Å². The summed E-state index contributed by atoms with van der Waals surface area (Å²) in [5.41, 5.74) is -0.351. The average molecular weight is 305 g/mol. The Labute approximate surface area is 127 Å². The van der Waals surface area contributed by atoms with Gasteiger partial charge in [0.05, 0.1) is 17.5 Å². The van der Waals surface area contributed by atoms with Crippen molar-refractivity contribution >= 4 is 16.8 Å². The zero-order valence-electron chi connectivity index (χ0n) is 12.7. The molecule has 1 heterocycles. The molecule has 118 valence electrons. The van der Waals surface area contributed by atoms with E-state index in [1.54, 1.807) is 38.3 Å². The number of para-hydroxylation sites is 1. The summed E-state index contributed by atoms with van der Waals surface area (Å²) < 4.78 is 7.31. The summed E-state index contributed by atoms with van der Waals surface area (Å²) in [5.74, 6) is -0.300. The number of methoxy groups -OCH3 is 1. The minimum absolute atomic E-state index is 0.136. The lowest BCUT2D eigenvalue weighted by Gasteiger charge is -2.13. The van der Waals surface area contributed by atoms with Gasteiger partial charge in [-0.15, -0.1) is 0 Å². The Bertz CT molecular complexity index is 791. The predicted octanol–water partition coefficient (Wildman–Crippen LogP) is -0.0543. The van der Waals surface area contributed by atoms with Crippen LogP contribution in [0.25, 0.3) is 10.9 Å². The monoisotopic (exact) mass is 305 g/mol. The highest BCUT2D eigenvalue weighted by molar-refractivity contribution is 5.81. The minimum Gasteiger partial charge on any atom is -0.383 e. The number of nitrogens with zero attached hydrogens (tertiary/aromatic N) is 2. The number of hydrogen-bond donors (Lipinski definition) is 1. The van der Waals surface area contributed by atoms with Crippen molar-refractivity contribution in [2.45, 2.75) is 20.0 Å². The summed E-state index contributed by atoms with van der Waals surface area (Å²) >= 11 is 0. The third-order valence-corrected chi connectivity index (χ3v) is 3.38. The highest BCUT2D eigenvalue weighted by atomic mass is 16.5. The van der Waals surface area contributed by atoms with Gasteiger partial charge in [0.25, 0.3) is 5.56 Å². The van der Waals surface area contributed by atoms with Crippen LogP contribution in [-0.2, 0) is 22.6 Å². The topological polar surface area (TPSA) is 82.3 Å². The smallest absolute Gasteiger partial charge is 0.331 e. The van der Waals surface area contributed by atoms with Crippen LogP contribution in [0.15, 0.2) is 33.9 Å². The number of carbonyl (C=O) groups excluding carboxylic acids is 1. The zero-order chi connectivity index (χ0) is 16.1. The SMILES string of the molecule is CCn1c(=O)c2ccccc2n(CC(=O)NCCOC)c1=O. The summed E-state index contributed by atoms with van der Waals surface area (Å²) in [4.78, 5) is 36.6. The Balaban J connectivity index is 2.46. The molecule has 0 saturated heterocycles. The van der Waals surface area contributed by atoms with Crippen molar-refractivity contribution in [1.82, 2.24) is 14.5 Å². The van der Waals surface area contributed by atoms with E-state index in [1.807, 2.05) is 0 Å². The molecule has 2 aromatic rings. The summed E-state index contributed by atoms with van der Waals surface area (Å²) in [7, 11) is 1.54. The van der Waals surface area contributed by atoms with Crippen LogP contribution in [0.4, 0.5) is 0 Å². The van der Waals surface area contributed by atoms with Gasteiger partial charge in [-0.05, 0) is 19.1 Å². The van der Waals surface area contributed by atoms with Gasteiger partial charge in [-0.2, -0.15) is 0 Å². The third kappa shape index (κ3) is 3.09. The molecule has 7 nitrogen and oxygen atoms in total. The summed E-state index contributed by atoms with van der Waals surface area (Å²) in [6, 6.07) is 6.79. The maximum atomic E-state index is 12.4. The molecule has 0 atom stereocenters. The first kappa shape index (κ1) is 16.0. The molecule has 2 rings (SSSR count). The first-order valence-corrected chi connectivity index (χ1v) is 7.08. The number of amides is 1. The molecule has 22 heavy (non-hydrogen) atoms. The second-order valence-electron chi connectivity index (χ2n) is 4.78. The van der Waals surface area contributed by atoms with Crippen LogP contribution >= 0.6 is 0 Å². The van der Waals surface area contributed by atoms with Gasteiger partial charge in [-0.3, -0.25) is 18.7 Å². The number of hydrogen-bond acceptors (Lipinski definition) is 4. The fourth-order valence-corrected chi connectivity index (χ4v) is 2.29. The van der Waals surface area contributed by atoms with E-state index in [1.165, 1.54) is 4.57 Å². The molecule has 1 N–H and O–H groups in total. The van der Waals surface area contributed by atoms with Crippen LogP contribution in [0.5, 0.6) is 0 Å². The van der Waals surface area contributed by atoms with E-state index in [0.717, 1.165) is 4.57 Å². The molecule has 0 radical (unpaired) electrons. The first-order chi connectivity index (χ1) is 10.6. The molecule has 0 aliphatic heterocycles. The number of nitrogens with one attached hydrogen (secondary N) is 1. The van der Waals surface area contributed by atoms with Crippen LogP contribution in [-0.4, -0.2) is 35.3 Å². The Morgan fingerprint density at radius 2 is 1.95 bits per heavy atom. The maximum absolute atomic E-state index is 12.4. The third-order valence-electron chi connectivity index (χ3n) is 3.38. The number of benzene rings is 1. The number of rotatable bonds is 6. The number of aromatic nitrogens is 2. The molecular weight excluding hydrogens is 286 g/mol. The number of fused-ring (bicyclic) bond motifs is 1. The van der Waals surface area contributed by atoms with Crippen LogP contribution < -0.4 is 16.6 Å². The van der Waals surface area contributed by atoms with Crippen LogP contribution in [0.3, 0.4) is 0 Å². The first-order valence-electron chi connectivity index (χ1n) is 7.08. The van der Waals surface area contributed by atoms with E-state index in [0.29, 0.717) is 24.1 Å². The molecule has 1 aromatic carbocycles. The molecule has 1 aromatic heterocycles. The van der Waals surface area contributed by atoms with E-state index >= 15 is 0 Å². The lowest BCUT2D eigenvalue weighted by Crippen LogP contribution is -2.42. The Morgan fingerprint density at radius 3 is 2.64 bits per heavy atom. The van der Waals surface area contributed by atoms with E-state index in [9.17, 15) is 14.4 Å². The van der Waals surface area contributed by atoms with Crippen molar-refractivity contribution in [3.05, 3.63) is 45.1 Å². The van der Waals surface area contributed by atoms with E-state index < -0.39 is 5.69 Å². The molecule has 0 saturated carbocycles. The minimum atomic E-state index is -0.479. The van der Waals surface area contributed by atoms with Crippen LogP contribution in [0.2, 0.25) is 0 Å². The molecule has 0 fully saturated rings. The molecule has 0 aliphatic rings. The lowest BCUT2D eigenvalue weighted by molar-refractivity contribution is -0.121. The van der Waals surface area contributed by atoms with Crippen LogP contribution in [0, 0.1) is 0 Å². The largest absolute Gasteiger partial charge is 0.383 e. The van der Waals surface area contributed by atoms with Gasteiger partial charge < -0.3 is 10.1 Å². The molecular formula is C15H19N3O4. The fraction of sp³-hybridized carbons (Fsp3) is 0.400. The molecule has 7 heteroatoms. The Morgan fingerprint density at radius 1 is 1.23 bits per heavy atom.